The SMILES string of the molecule is CC1CC(NS(=O)(=O)N2CCCC(CN)C2)CCO1. The van der Waals surface area contributed by atoms with Gasteiger partial charge in [-0.3, -0.25) is 0 Å². The van der Waals surface area contributed by atoms with Crippen LogP contribution in [0, 0.1) is 5.92 Å². The normalized spacial score (nSPS) is 34.3. The van der Waals surface area contributed by atoms with Crippen molar-refractivity contribution in [1.82, 2.24) is 9.03 Å². The van der Waals surface area contributed by atoms with Crippen LogP contribution >= 0.6 is 0 Å². The van der Waals surface area contributed by atoms with E-state index in [0.717, 1.165) is 25.7 Å². The largest absolute Gasteiger partial charge is 0.378 e. The number of nitrogens with one attached hydrogen (secondary N) is 1. The molecular weight excluding hydrogens is 266 g/mol. The van der Waals surface area contributed by atoms with E-state index >= 15 is 0 Å². The predicted octanol–water partition coefficient (Wildman–Crippen LogP) is 0.0590. The standard InChI is InChI=1S/C12H25N3O3S/c1-10-7-12(4-6-18-10)14-19(16,17)15-5-2-3-11(8-13)9-15/h10-12,14H,2-9,13H2,1H3. The van der Waals surface area contributed by atoms with Crippen LogP contribution in [0.5, 0.6) is 0 Å². The lowest BCUT2D eigenvalue weighted by Crippen LogP contribution is -2.51. The van der Waals surface area contributed by atoms with Crippen molar-refractivity contribution in [3.63, 3.8) is 0 Å². The molecule has 0 aromatic carbocycles. The molecule has 0 aromatic heterocycles. The molecule has 2 rings (SSSR count). The Morgan fingerprint density at radius 3 is 2.89 bits per heavy atom. The number of hydrogen-bond donors (Lipinski definition) is 2. The van der Waals surface area contributed by atoms with E-state index in [-0.39, 0.29) is 12.1 Å². The van der Waals surface area contributed by atoms with E-state index in [0.29, 0.717) is 32.2 Å². The van der Waals surface area contributed by atoms with Crippen molar-refractivity contribution in [2.45, 2.75) is 44.8 Å². The van der Waals surface area contributed by atoms with Gasteiger partial charge in [-0.1, -0.05) is 0 Å². The second-order valence-electron chi connectivity index (χ2n) is 5.63. The molecule has 112 valence electrons. The zero-order valence-corrected chi connectivity index (χ0v) is 12.4. The molecule has 3 N–H and O–H groups in total. The Kier molecular flexibility index (Phi) is 5.19. The lowest BCUT2D eigenvalue weighted by Gasteiger charge is -2.34. The molecule has 6 nitrogen and oxygen atoms in total. The molecule has 0 spiro atoms. The third-order valence-electron chi connectivity index (χ3n) is 3.96. The summed E-state index contributed by atoms with van der Waals surface area (Å²) < 4.78 is 34.5. The average Bonchev–Trinajstić information content (AvgIpc) is 2.38. The van der Waals surface area contributed by atoms with E-state index in [4.69, 9.17) is 10.5 Å². The summed E-state index contributed by atoms with van der Waals surface area (Å²) in [6.45, 7) is 4.31. The minimum absolute atomic E-state index is 0.00740. The Hall–Kier alpha value is -0.210. The highest BCUT2D eigenvalue weighted by molar-refractivity contribution is 7.87. The van der Waals surface area contributed by atoms with Crippen LogP contribution in [-0.4, -0.2) is 51.1 Å². The smallest absolute Gasteiger partial charge is 0.279 e. The molecule has 3 atom stereocenters. The van der Waals surface area contributed by atoms with Gasteiger partial charge in [0.1, 0.15) is 0 Å². The average molecular weight is 291 g/mol. The van der Waals surface area contributed by atoms with Crippen LogP contribution in [0.4, 0.5) is 0 Å². The van der Waals surface area contributed by atoms with Gasteiger partial charge >= 0.3 is 0 Å². The molecule has 3 unspecified atom stereocenters. The summed E-state index contributed by atoms with van der Waals surface area (Å²) in [5, 5.41) is 0. The fraction of sp³-hybridized carbons (Fsp3) is 1.00. The van der Waals surface area contributed by atoms with Crippen LogP contribution in [0.3, 0.4) is 0 Å². The van der Waals surface area contributed by atoms with E-state index in [1.54, 1.807) is 4.31 Å². The van der Waals surface area contributed by atoms with Gasteiger partial charge in [0.15, 0.2) is 0 Å². The van der Waals surface area contributed by atoms with E-state index < -0.39 is 10.2 Å². The molecule has 2 aliphatic heterocycles. The van der Waals surface area contributed by atoms with Crippen LogP contribution < -0.4 is 10.5 Å². The molecule has 7 heteroatoms. The number of hydrogen-bond acceptors (Lipinski definition) is 4. The Bertz CT molecular complexity index is 388. The molecule has 0 amide bonds. The lowest BCUT2D eigenvalue weighted by atomic mass is 10.0. The van der Waals surface area contributed by atoms with Crippen LogP contribution in [0.15, 0.2) is 0 Å². The van der Waals surface area contributed by atoms with Gasteiger partial charge in [-0.2, -0.15) is 17.4 Å². The maximum absolute atomic E-state index is 12.4. The van der Waals surface area contributed by atoms with E-state index in [1.807, 2.05) is 6.92 Å². The van der Waals surface area contributed by atoms with Crippen LogP contribution in [0.2, 0.25) is 0 Å². The molecule has 2 heterocycles. The van der Waals surface area contributed by atoms with Crippen molar-refractivity contribution in [2.75, 3.05) is 26.2 Å². The van der Waals surface area contributed by atoms with Crippen molar-refractivity contribution in [3.8, 4) is 0 Å². The predicted molar refractivity (Wildman–Crippen MR) is 73.8 cm³/mol. The second-order valence-corrected chi connectivity index (χ2v) is 7.33. The molecule has 19 heavy (non-hydrogen) atoms. The highest BCUT2D eigenvalue weighted by Crippen LogP contribution is 2.19. The fourth-order valence-electron chi connectivity index (χ4n) is 2.83. The van der Waals surface area contributed by atoms with E-state index in [1.165, 1.54) is 0 Å². The van der Waals surface area contributed by atoms with Gasteiger partial charge in [-0.25, -0.2) is 0 Å². The molecule has 0 bridgehead atoms. The molecule has 2 saturated heterocycles. The Morgan fingerprint density at radius 1 is 1.42 bits per heavy atom. The third-order valence-corrected chi connectivity index (χ3v) is 5.60. The van der Waals surface area contributed by atoms with E-state index in [2.05, 4.69) is 4.72 Å². The summed E-state index contributed by atoms with van der Waals surface area (Å²) in [5.74, 6) is 0.291. The summed E-state index contributed by atoms with van der Waals surface area (Å²) in [7, 11) is -3.38. The number of nitrogens with two attached hydrogens (primary N) is 1. The third kappa shape index (κ3) is 4.13. The molecule has 0 aromatic rings. The molecular formula is C12H25N3O3S. The minimum atomic E-state index is -3.38. The van der Waals surface area contributed by atoms with Gasteiger partial charge in [0.2, 0.25) is 0 Å². The topological polar surface area (TPSA) is 84.7 Å². The first-order valence-corrected chi connectivity index (χ1v) is 8.54. The fourth-order valence-corrected chi connectivity index (χ4v) is 4.39. The first-order chi connectivity index (χ1) is 9.01. The van der Waals surface area contributed by atoms with Crippen molar-refractivity contribution in [3.05, 3.63) is 0 Å². The summed E-state index contributed by atoms with van der Waals surface area (Å²) in [4.78, 5) is 0. The maximum atomic E-state index is 12.4. The number of piperidine rings is 1. The van der Waals surface area contributed by atoms with Gasteiger partial charge in [-0.05, 0) is 45.1 Å². The summed E-state index contributed by atoms with van der Waals surface area (Å²) >= 11 is 0. The lowest BCUT2D eigenvalue weighted by molar-refractivity contribution is 0.0170. The van der Waals surface area contributed by atoms with Crippen LogP contribution in [0.25, 0.3) is 0 Å². The van der Waals surface area contributed by atoms with Gasteiger partial charge in [0.05, 0.1) is 6.10 Å². The second kappa shape index (κ2) is 6.49. The van der Waals surface area contributed by atoms with Gasteiger partial charge in [-0.15, -0.1) is 0 Å². The highest BCUT2D eigenvalue weighted by Gasteiger charge is 2.31. The molecule has 0 radical (unpaired) electrons. The number of nitrogens with zero attached hydrogens (tertiary/aromatic N) is 1. The number of ether oxygens (including phenoxy) is 1. The summed E-state index contributed by atoms with van der Waals surface area (Å²) in [6.07, 6.45) is 3.54. The van der Waals surface area contributed by atoms with Crippen molar-refractivity contribution >= 4 is 10.2 Å². The zero-order chi connectivity index (χ0) is 13.9. The minimum Gasteiger partial charge on any atom is -0.378 e. The van der Waals surface area contributed by atoms with E-state index in [9.17, 15) is 8.42 Å². The zero-order valence-electron chi connectivity index (χ0n) is 11.5. The monoisotopic (exact) mass is 291 g/mol. The molecule has 2 aliphatic rings. The van der Waals surface area contributed by atoms with Crippen LogP contribution in [0.1, 0.15) is 32.6 Å². The molecule has 2 fully saturated rings. The summed E-state index contributed by atoms with van der Waals surface area (Å²) in [5.41, 5.74) is 5.65. The summed E-state index contributed by atoms with van der Waals surface area (Å²) in [6, 6.07) is -0.00740. The van der Waals surface area contributed by atoms with Gasteiger partial charge in [0.25, 0.3) is 10.2 Å². The maximum Gasteiger partial charge on any atom is 0.279 e. The Labute approximate surface area is 115 Å². The Morgan fingerprint density at radius 2 is 2.21 bits per heavy atom. The Balaban J connectivity index is 1.93. The first kappa shape index (κ1) is 15.2. The highest BCUT2D eigenvalue weighted by atomic mass is 32.2. The number of rotatable bonds is 4. The van der Waals surface area contributed by atoms with Gasteiger partial charge in [0, 0.05) is 25.7 Å². The van der Waals surface area contributed by atoms with Crippen molar-refractivity contribution in [2.24, 2.45) is 11.7 Å². The molecule has 0 saturated carbocycles. The van der Waals surface area contributed by atoms with Crippen LogP contribution in [-0.2, 0) is 14.9 Å². The quantitative estimate of drug-likeness (QED) is 0.767. The molecule has 0 aliphatic carbocycles. The van der Waals surface area contributed by atoms with Crippen molar-refractivity contribution in [1.29, 1.82) is 0 Å². The van der Waals surface area contributed by atoms with Crippen molar-refractivity contribution < 1.29 is 13.2 Å². The first-order valence-electron chi connectivity index (χ1n) is 7.10. The van der Waals surface area contributed by atoms with Gasteiger partial charge < -0.3 is 10.5 Å².